The van der Waals surface area contributed by atoms with E-state index in [0.717, 1.165) is 27.6 Å². The number of benzene rings is 3. The average Bonchev–Trinajstić information content (AvgIpc) is 3.33. The summed E-state index contributed by atoms with van der Waals surface area (Å²) in [4.78, 5) is 42.7. The van der Waals surface area contributed by atoms with Gasteiger partial charge in [-0.3, -0.25) is 14.4 Å². The Morgan fingerprint density at radius 2 is 1.46 bits per heavy atom. The highest BCUT2D eigenvalue weighted by Crippen LogP contribution is 2.25. The van der Waals surface area contributed by atoms with Crippen molar-refractivity contribution in [2.24, 2.45) is 0 Å². The average molecular weight is 490 g/mol. The van der Waals surface area contributed by atoms with E-state index in [2.05, 4.69) is 10.3 Å². The van der Waals surface area contributed by atoms with Crippen LogP contribution in [0.25, 0.3) is 10.9 Å². The second-order valence-electron chi connectivity index (χ2n) is 9.06. The number of aromatic amines is 1. The molecule has 5 aromatic rings. The van der Waals surface area contributed by atoms with Gasteiger partial charge < -0.3 is 14.9 Å². The summed E-state index contributed by atoms with van der Waals surface area (Å²) < 4.78 is 1.57. The largest absolute Gasteiger partial charge is 0.361 e. The molecule has 2 N–H and O–H groups in total. The van der Waals surface area contributed by atoms with Gasteiger partial charge in [0.15, 0.2) is 5.78 Å². The van der Waals surface area contributed by atoms with Crippen molar-refractivity contribution in [2.45, 2.75) is 25.4 Å². The normalized spacial score (nSPS) is 11.9. The van der Waals surface area contributed by atoms with E-state index < -0.39 is 23.6 Å². The van der Waals surface area contributed by atoms with Gasteiger partial charge in [-0.1, -0.05) is 78.9 Å². The fraction of sp³-hybridized carbons (Fsp3) is 0.129. The van der Waals surface area contributed by atoms with E-state index in [-0.39, 0.29) is 11.3 Å². The molecule has 0 spiro atoms. The first-order valence-electron chi connectivity index (χ1n) is 12.2. The van der Waals surface area contributed by atoms with Crippen LogP contribution in [0.3, 0.4) is 0 Å². The third-order valence-electron chi connectivity index (χ3n) is 6.62. The summed E-state index contributed by atoms with van der Waals surface area (Å²) >= 11 is 0. The van der Waals surface area contributed by atoms with E-state index in [1.54, 1.807) is 16.8 Å². The summed E-state index contributed by atoms with van der Waals surface area (Å²) in [6, 6.07) is 29.2. The van der Waals surface area contributed by atoms with Gasteiger partial charge in [-0.25, -0.2) is 0 Å². The number of nitrogens with zero attached hydrogens (tertiary/aromatic N) is 1. The molecule has 5 rings (SSSR count). The Morgan fingerprint density at radius 1 is 0.838 bits per heavy atom. The molecule has 3 aromatic carbocycles. The summed E-state index contributed by atoms with van der Waals surface area (Å²) in [7, 11) is 0. The first-order valence-corrected chi connectivity index (χ1v) is 12.2. The summed E-state index contributed by atoms with van der Waals surface area (Å²) in [5.41, 5.74) is 3.31. The summed E-state index contributed by atoms with van der Waals surface area (Å²) in [6.45, 7) is 1.45. The third kappa shape index (κ3) is 5.00. The molecule has 0 aliphatic rings. The highest BCUT2D eigenvalue weighted by molar-refractivity contribution is 5.97. The van der Waals surface area contributed by atoms with Gasteiger partial charge in [-0.05, 0) is 41.8 Å². The topological polar surface area (TPSA) is 84.0 Å². The van der Waals surface area contributed by atoms with E-state index in [9.17, 15) is 14.4 Å². The van der Waals surface area contributed by atoms with Crippen molar-refractivity contribution in [3.63, 3.8) is 0 Å². The summed E-state index contributed by atoms with van der Waals surface area (Å²) in [5, 5.41) is 3.81. The van der Waals surface area contributed by atoms with Crippen molar-refractivity contribution in [1.29, 1.82) is 0 Å². The number of aromatic nitrogens is 2. The lowest BCUT2D eigenvalue weighted by Gasteiger charge is -2.22. The van der Waals surface area contributed by atoms with E-state index in [4.69, 9.17) is 0 Å². The lowest BCUT2D eigenvalue weighted by atomic mass is 9.98. The maximum absolute atomic E-state index is 13.7. The number of pyridine rings is 1. The van der Waals surface area contributed by atoms with Crippen LogP contribution >= 0.6 is 0 Å². The molecule has 6 heteroatoms. The van der Waals surface area contributed by atoms with Crippen molar-refractivity contribution in [3.05, 3.63) is 142 Å². The number of para-hydroxylation sites is 1. The van der Waals surface area contributed by atoms with Crippen molar-refractivity contribution < 1.29 is 9.59 Å². The molecule has 0 fully saturated rings. The van der Waals surface area contributed by atoms with E-state index in [1.165, 1.54) is 13.0 Å². The predicted octanol–water partition coefficient (Wildman–Crippen LogP) is 4.90. The number of hydrogen-bond acceptors (Lipinski definition) is 3. The van der Waals surface area contributed by atoms with Crippen LogP contribution < -0.4 is 10.9 Å². The minimum absolute atomic E-state index is 0.00969. The van der Waals surface area contributed by atoms with Gasteiger partial charge in [-0.2, -0.15) is 0 Å². The van der Waals surface area contributed by atoms with Crippen LogP contribution in [0.5, 0.6) is 0 Å². The van der Waals surface area contributed by atoms with Crippen LogP contribution in [0, 0.1) is 0 Å². The molecule has 6 nitrogen and oxygen atoms in total. The van der Waals surface area contributed by atoms with Crippen LogP contribution in [0.15, 0.2) is 114 Å². The molecule has 1 amide bonds. The van der Waals surface area contributed by atoms with E-state index >= 15 is 0 Å². The zero-order valence-corrected chi connectivity index (χ0v) is 20.4. The Kier molecular flexibility index (Phi) is 6.81. The second kappa shape index (κ2) is 10.5. The van der Waals surface area contributed by atoms with Crippen molar-refractivity contribution in [3.8, 4) is 0 Å². The van der Waals surface area contributed by atoms with Gasteiger partial charge in [0.2, 0.25) is 0 Å². The smallest absolute Gasteiger partial charge is 0.264 e. The number of carbonyl (C=O) groups excluding carboxylic acids is 2. The number of Topliss-reactive ketones (excluding diaryl/α,β-unsaturated/α-hetero) is 1. The molecule has 0 aliphatic carbocycles. The first kappa shape index (κ1) is 24.0. The summed E-state index contributed by atoms with van der Waals surface area (Å²) in [6.07, 6.45) is 3.87. The molecule has 0 radical (unpaired) electrons. The number of ketones is 1. The molecule has 0 unspecified atom stereocenters. The monoisotopic (exact) mass is 489 g/mol. The first-order chi connectivity index (χ1) is 18.0. The maximum atomic E-state index is 13.7. The van der Waals surface area contributed by atoms with Crippen molar-refractivity contribution >= 4 is 22.6 Å². The summed E-state index contributed by atoms with van der Waals surface area (Å²) in [5.74, 6) is -0.749. The number of nitrogens with one attached hydrogen (secondary N) is 2. The SMILES string of the molecule is CC(=O)[C@H](Cc1c[nH]c2ccccc12)NC(=O)c1cccn(C(c2ccccc2)c2ccccc2)c1=O. The van der Waals surface area contributed by atoms with Crippen LogP contribution in [0.2, 0.25) is 0 Å². The molecule has 2 heterocycles. The van der Waals surface area contributed by atoms with Crippen molar-refractivity contribution in [2.75, 3.05) is 0 Å². The number of H-pyrrole nitrogens is 1. The molecule has 1 atom stereocenters. The second-order valence-corrected chi connectivity index (χ2v) is 9.06. The molecule has 0 bridgehead atoms. The Bertz CT molecular complexity index is 1560. The predicted molar refractivity (Wildman–Crippen MR) is 145 cm³/mol. The number of carbonyl (C=O) groups is 2. The number of amides is 1. The molecule has 2 aromatic heterocycles. The van der Waals surface area contributed by atoms with Gasteiger partial charge in [0.25, 0.3) is 11.5 Å². The number of fused-ring (bicyclic) bond motifs is 1. The Hall–Kier alpha value is -4.71. The zero-order valence-electron chi connectivity index (χ0n) is 20.4. The quantitative estimate of drug-likeness (QED) is 0.325. The van der Waals surface area contributed by atoms with Crippen molar-refractivity contribution in [1.82, 2.24) is 14.9 Å². The number of rotatable bonds is 8. The lowest BCUT2D eigenvalue weighted by Crippen LogP contribution is -2.44. The lowest BCUT2D eigenvalue weighted by molar-refractivity contribution is -0.118. The molecule has 0 saturated carbocycles. The van der Waals surface area contributed by atoms with Gasteiger partial charge in [0, 0.05) is 29.7 Å². The van der Waals surface area contributed by atoms with Crippen LogP contribution in [0.1, 0.15) is 40.0 Å². The fourth-order valence-corrected chi connectivity index (χ4v) is 4.72. The molecular weight excluding hydrogens is 462 g/mol. The fourth-order valence-electron chi connectivity index (χ4n) is 4.72. The van der Waals surface area contributed by atoms with Crippen LogP contribution in [-0.4, -0.2) is 27.3 Å². The highest BCUT2D eigenvalue weighted by Gasteiger charge is 2.24. The highest BCUT2D eigenvalue weighted by atomic mass is 16.2. The number of hydrogen-bond donors (Lipinski definition) is 2. The molecule has 184 valence electrons. The van der Waals surface area contributed by atoms with Gasteiger partial charge in [0.1, 0.15) is 5.56 Å². The molecule has 0 aliphatic heterocycles. The van der Waals surface area contributed by atoms with Gasteiger partial charge in [0.05, 0.1) is 12.1 Å². The minimum Gasteiger partial charge on any atom is -0.361 e. The Labute approximate surface area is 214 Å². The molecule has 0 saturated heterocycles. The molecule has 37 heavy (non-hydrogen) atoms. The Morgan fingerprint density at radius 3 is 2.11 bits per heavy atom. The van der Waals surface area contributed by atoms with Gasteiger partial charge >= 0.3 is 0 Å². The van der Waals surface area contributed by atoms with Gasteiger partial charge in [-0.15, -0.1) is 0 Å². The maximum Gasteiger partial charge on any atom is 0.264 e. The zero-order chi connectivity index (χ0) is 25.8. The minimum atomic E-state index is -0.765. The van der Waals surface area contributed by atoms with E-state index in [0.29, 0.717) is 6.42 Å². The van der Waals surface area contributed by atoms with E-state index in [1.807, 2.05) is 91.1 Å². The third-order valence-corrected chi connectivity index (χ3v) is 6.62. The molecular formula is C31H27N3O3. The Balaban J connectivity index is 1.47. The van der Waals surface area contributed by atoms with Crippen LogP contribution in [0.4, 0.5) is 0 Å². The standard InChI is InChI=1S/C31H27N3O3/c1-21(35)28(19-24-20-32-27-17-9-8-15-25(24)27)33-30(36)26-16-10-18-34(31(26)37)29(22-11-4-2-5-12-22)23-13-6-3-7-14-23/h2-18,20,28-29,32H,19H2,1H3,(H,33,36)/t28-/m0/s1. The van der Waals surface area contributed by atoms with Crippen LogP contribution in [-0.2, 0) is 11.2 Å².